The summed E-state index contributed by atoms with van der Waals surface area (Å²) in [4.78, 5) is 12.8. The summed E-state index contributed by atoms with van der Waals surface area (Å²) in [5.74, 6) is 0.513. The van der Waals surface area contributed by atoms with Gasteiger partial charge in [0.05, 0.1) is 12.7 Å². The van der Waals surface area contributed by atoms with Crippen LogP contribution in [0.25, 0.3) is 5.57 Å². The maximum Gasteiger partial charge on any atom is 0.337 e. The monoisotopic (exact) mass is 520 g/mol. The molecule has 0 fully saturated rings. The van der Waals surface area contributed by atoms with Crippen LogP contribution in [0, 0.1) is 3.57 Å². The number of halogens is 1. The van der Waals surface area contributed by atoms with Crippen molar-refractivity contribution in [1.82, 2.24) is 0 Å². The maximum absolute atomic E-state index is 11.7. The van der Waals surface area contributed by atoms with Crippen LogP contribution in [0.1, 0.15) is 67.6 Å². The molecule has 2 nitrogen and oxygen atoms in total. The third-order valence-corrected chi connectivity index (χ3v) is 8.43. The third kappa shape index (κ3) is 4.74. The highest BCUT2D eigenvalue weighted by molar-refractivity contribution is 14.1. The summed E-state index contributed by atoms with van der Waals surface area (Å²) in [6.45, 7) is 13.8. The first-order valence-corrected chi connectivity index (χ1v) is 12.0. The summed E-state index contributed by atoms with van der Waals surface area (Å²) >= 11 is 4.03. The number of benzene rings is 2. The molecule has 0 bridgehead atoms. The van der Waals surface area contributed by atoms with E-state index in [0.717, 1.165) is 19.8 Å². The first-order chi connectivity index (χ1) is 13.5. The lowest BCUT2D eigenvalue weighted by molar-refractivity contribution is 0.0600. The highest BCUT2D eigenvalue weighted by Gasteiger charge is 2.36. The Balaban J connectivity index is 1.78. The zero-order valence-electron chi connectivity index (χ0n) is 17.9. The molecule has 0 saturated carbocycles. The molecule has 0 unspecified atom stereocenters. The molecule has 2 aromatic rings. The van der Waals surface area contributed by atoms with Crippen LogP contribution in [-0.4, -0.2) is 18.8 Å². The molecular weight excluding hydrogens is 491 g/mol. The van der Waals surface area contributed by atoms with Crippen LogP contribution in [0.4, 0.5) is 0 Å². The van der Waals surface area contributed by atoms with Crippen LogP contribution in [0.2, 0.25) is 0 Å². The lowest BCUT2D eigenvalue weighted by Crippen LogP contribution is -2.33. The second-order valence-electron chi connectivity index (χ2n) is 9.06. The van der Waals surface area contributed by atoms with Gasteiger partial charge in [-0.25, -0.2) is 4.79 Å². The van der Waals surface area contributed by atoms with Gasteiger partial charge in [-0.2, -0.15) is 0 Å². The van der Waals surface area contributed by atoms with Gasteiger partial charge < -0.3 is 4.74 Å². The van der Waals surface area contributed by atoms with Crippen molar-refractivity contribution >= 4 is 45.9 Å². The molecular formula is C25H29IO2S. The molecule has 0 atom stereocenters. The fourth-order valence-electron chi connectivity index (χ4n) is 3.92. The van der Waals surface area contributed by atoms with Crippen molar-refractivity contribution in [1.29, 1.82) is 0 Å². The topological polar surface area (TPSA) is 26.3 Å². The van der Waals surface area contributed by atoms with E-state index in [1.165, 1.54) is 36.6 Å². The lowest BCUT2D eigenvalue weighted by atomic mass is 9.63. The van der Waals surface area contributed by atoms with E-state index in [1.807, 2.05) is 18.2 Å². The zero-order chi connectivity index (χ0) is 21.4. The van der Waals surface area contributed by atoms with Crippen molar-refractivity contribution in [2.75, 3.05) is 12.9 Å². The van der Waals surface area contributed by atoms with Crippen molar-refractivity contribution in [3.8, 4) is 0 Å². The van der Waals surface area contributed by atoms with Crippen LogP contribution in [0.3, 0.4) is 0 Å². The molecule has 0 saturated heterocycles. The van der Waals surface area contributed by atoms with Gasteiger partial charge in [0.25, 0.3) is 0 Å². The molecule has 4 heteroatoms. The van der Waals surface area contributed by atoms with Gasteiger partial charge >= 0.3 is 5.97 Å². The highest BCUT2D eigenvalue weighted by Crippen LogP contribution is 2.46. The van der Waals surface area contributed by atoms with Gasteiger partial charge in [0.15, 0.2) is 0 Å². The molecule has 3 rings (SSSR count). The lowest BCUT2D eigenvalue weighted by Gasteiger charge is -2.42. The molecule has 2 aromatic carbocycles. The smallest absolute Gasteiger partial charge is 0.337 e. The summed E-state index contributed by atoms with van der Waals surface area (Å²) in [5, 5.41) is 0. The molecule has 0 spiro atoms. The number of hydrogen-bond acceptors (Lipinski definition) is 3. The molecule has 0 amide bonds. The van der Waals surface area contributed by atoms with E-state index < -0.39 is 0 Å². The van der Waals surface area contributed by atoms with Crippen molar-refractivity contribution in [2.24, 2.45) is 0 Å². The summed E-state index contributed by atoms with van der Waals surface area (Å²) in [6.07, 6.45) is 2.44. The Labute approximate surface area is 192 Å². The first-order valence-electron chi connectivity index (χ1n) is 9.89. The Morgan fingerprint density at radius 3 is 2.28 bits per heavy atom. The number of thioether (sulfide) groups is 1. The Morgan fingerprint density at radius 2 is 1.66 bits per heavy atom. The highest BCUT2D eigenvalue weighted by atomic mass is 127. The number of ether oxygens (including phenoxy) is 1. The second kappa shape index (κ2) is 8.46. The van der Waals surface area contributed by atoms with Crippen molar-refractivity contribution in [3.05, 3.63) is 68.8 Å². The van der Waals surface area contributed by atoms with Crippen LogP contribution in [0.5, 0.6) is 0 Å². The molecule has 0 aromatic heterocycles. The van der Waals surface area contributed by atoms with Gasteiger partial charge in [0.2, 0.25) is 0 Å². The Morgan fingerprint density at radius 1 is 1.03 bits per heavy atom. The molecule has 154 valence electrons. The Kier molecular flexibility index (Phi) is 6.54. The molecule has 0 aliphatic heterocycles. The molecule has 0 radical (unpaired) electrons. The SMILES string of the molecule is C=C(CSc1ccc(C(=O)OC)cc1I)c1ccc2c(c1)C(C)(C)CCC2(C)C. The number of hydrogen-bond donors (Lipinski definition) is 0. The van der Waals surface area contributed by atoms with Crippen LogP contribution in [0.15, 0.2) is 47.9 Å². The van der Waals surface area contributed by atoms with Gasteiger partial charge in [0, 0.05) is 14.2 Å². The number of fused-ring (bicyclic) bond motifs is 1. The van der Waals surface area contributed by atoms with Crippen molar-refractivity contribution < 1.29 is 9.53 Å². The van der Waals surface area contributed by atoms with Gasteiger partial charge in [-0.1, -0.05) is 52.5 Å². The number of carbonyl (C=O) groups excluding carboxylic acids is 1. The largest absolute Gasteiger partial charge is 0.465 e. The van der Waals surface area contributed by atoms with E-state index in [1.54, 1.807) is 11.8 Å². The Bertz CT molecular complexity index is 959. The minimum absolute atomic E-state index is 0.202. The van der Waals surface area contributed by atoms with Crippen molar-refractivity contribution in [3.63, 3.8) is 0 Å². The van der Waals surface area contributed by atoms with E-state index in [4.69, 9.17) is 4.74 Å². The second-order valence-corrected chi connectivity index (χ2v) is 11.2. The number of esters is 1. The predicted octanol–water partition coefficient (Wildman–Crippen LogP) is 7.23. The van der Waals surface area contributed by atoms with Crippen LogP contribution < -0.4 is 0 Å². The van der Waals surface area contributed by atoms with Gasteiger partial charge in [-0.15, -0.1) is 11.8 Å². The van der Waals surface area contributed by atoms with E-state index in [0.29, 0.717) is 5.56 Å². The maximum atomic E-state index is 11.7. The predicted molar refractivity (Wildman–Crippen MR) is 132 cm³/mol. The van der Waals surface area contributed by atoms with Crippen LogP contribution >= 0.6 is 34.4 Å². The zero-order valence-corrected chi connectivity index (χ0v) is 20.9. The van der Waals surface area contributed by atoms with E-state index in [2.05, 4.69) is 75.1 Å². The summed E-state index contributed by atoms with van der Waals surface area (Å²) in [5.41, 5.74) is 6.32. The van der Waals surface area contributed by atoms with Crippen molar-refractivity contribution in [2.45, 2.75) is 56.3 Å². The quantitative estimate of drug-likeness (QED) is 0.236. The first kappa shape index (κ1) is 22.4. The van der Waals surface area contributed by atoms with Gasteiger partial charge in [-0.05, 0) is 86.7 Å². The van der Waals surface area contributed by atoms with Gasteiger partial charge in [0.1, 0.15) is 0 Å². The Hall–Kier alpha value is -1.27. The fourth-order valence-corrected chi connectivity index (χ4v) is 5.76. The van der Waals surface area contributed by atoms with E-state index >= 15 is 0 Å². The summed E-state index contributed by atoms with van der Waals surface area (Å²) in [6, 6.07) is 12.6. The van der Waals surface area contributed by atoms with E-state index in [9.17, 15) is 4.79 Å². The molecule has 29 heavy (non-hydrogen) atoms. The van der Waals surface area contributed by atoms with Gasteiger partial charge in [-0.3, -0.25) is 0 Å². The number of methoxy groups -OCH3 is 1. The standard InChI is InChI=1S/C25H29IO2S/c1-16(15-29-22-10-8-18(14-21(22)26)23(27)28-6)17-7-9-19-20(13-17)25(4,5)12-11-24(19,2)3/h7-10,13-14H,1,11-12,15H2,2-6H3. The normalized spacial score (nSPS) is 16.8. The molecule has 0 N–H and O–H groups in total. The molecule has 1 aliphatic rings. The van der Waals surface area contributed by atoms with Crippen LogP contribution in [-0.2, 0) is 15.6 Å². The number of rotatable bonds is 5. The average molecular weight is 520 g/mol. The molecule has 0 heterocycles. The third-order valence-electron chi connectivity index (χ3n) is 6.02. The summed E-state index contributed by atoms with van der Waals surface area (Å²) < 4.78 is 5.85. The fraction of sp³-hybridized carbons (Fsp3) is 0.400. The summed E-state index contributed by atoms with van der Waals surface area (Å²) in [7, 11) is 1.41. The number of carbonyl (C=O) groups is 1. The molecule has 1 aliphatic carbocycles. The average Bonchev–Trinajstić information content (AvgIpc) is 2.69. The minimum Gasteiger partial charge on any atom is -0.465 e. The van der Waals surface area contributed by atoms with E-state index in [-0.39, 0.29) is 16.8 Å². The minimum atomic E-state index is -0.302.